The molecule has 0 amide bonds. The molecule has 1 aromatic carbocycles. The van der Waals surface area contributed by atoms with Crippen molar-refractivity contribution in [1.82, 2.24) is 0 Å². The van der Waals surface area contributed by atoms with Crippen LogP contribution in [-0.2, 0) is 0 Å². The van der Waals surface area contributed by atoms with Gasteiger partial charge >= 0.3 is 0 Å². The average Bonchev–Trinajstić information content (AvgIpc) is 2.52. The first kappa shape index (κ1) is 11.8. The molecule has 1 N–H and O–H groups in total. The number of aryl methyl sites for hydroxylation is 1. The fourth-order valence-electron chi connectivity index (χ4n) is 2.53. The number of benzene rings is 1. The monoisotopic (exact) mass is 237 g/mol. The molecule has 0 aromatic heterocycles. The van der Waals surface area contributed by atoms with E-state index in [-0.39, 0.29) is 0 Å². The summed E-state index contributed by atoms with van der Waals surface area (Å²) in [5, 5.41) is 4.44. The predicted molar refractivity (Wildman–Crippen MR) is 71.2 cm³/mol. The van der Waals surface area contributed by atoms with Crippen LogP contribution in [0.3, 0.4) is 0 Å². The van der Waals surface area contributed by atoms with Gasteiger partial charge < -0.3 is 5.32 Å². The van der Waals surface area contributed by atoms with Gasteiger partial charge in [0.15, 0.2) is 0 Å². The van der Waals surface area contributed by atoms with Gasteiger partial charge in [0.2, 0.25) is 0 Å². The zero-order valence-electron chi connectivity index (χ0n) is 10.3. The summed E-state index contributed by atoms with van der Waals surface area (Å²) in [6.45, 7) is 6.77. The van der Waals surface area contributed by atoms with E-state index in [0.29, 0.717) is 11.5 Å². The largest absolute Gasteiger partial charge is 0.381 e. The SMILES string of the molecule is Cc1ccc(Cl)c(NC2CCCC2(C)C)c1. The van der Waals surface area contributed by atoms with Crippen LogP contribution in [0.4, 0.5) is 5.69 Å². The summed E-state index contributed by atoms with van der Waals surface area (Å²) in [4.78, 5) is 0. The average molecular weight is 238 g/mol. The number of rotatable bonds is 2. The number of halogens is 1. The first-order valence-corrected chi connectivity index (χ1v) is 6.39. The van der Waals surface area contributed by atoms with E-state index < -0.39 is 0 Å². The highest BCUT2D eigenvalue weighted by molar-refractivity contribution is 6.33. The topological polar surface area (TPSA) is 12.0 Å². The van der Waals surface area contributed by atoms with E-state index in [4.69, 9.17) is 11.6 Å². The van der Waals surface area contributed by atoms with Crippen LogP contribution in [-0.4, -0.2) is 6.04 Å². The van der Waals surface area contributed by atoms with E-state index >= 15 is 0 Å². The van der Waals surface area contributed by atoms with Gasteiger partial charge in [0.25, 0.3) is 0 Å². The van der Waals surface area contributed by atoms with Crippen LogP contribution in [0.15, 0.2) is 18.2 Å². The summed E-state index contributed by atoms with van der Waals surface area (Å²) in [5.41, 5.74) is 2.72. The third-order valence-electron chi connectivity index (χ3n) is 3.71. The van der Waals surface area contributed by atoms with Crippen molar-refractivity contribution in [2.24, 2.45) is 5.41 Å². The Hall–Kier alpha value is -0.690. The normalized spacial score (nSPS) is 23.4. The number of hydrogen-bond donors (Lipinski definition) is 1. The van der Waals surface area contributed by atoms with E-state index in [2.05, 4.69) is 32.2 Å². The Morgan fingerprint density at radius 1 is 1.38 bits per heavy atom. The van der Waals surface area contributed by atoms with Crippen LogP contribution < -0.4 is 5.32 Å². The predicted octanol–water partition coefficient (Wildman–Crippen LogP) is 4.64. The van der Waals surface area contributed by atoms with Crippen molar-refractivity contribution in [3.8, 4) is 0 Å². The summed E-state index contributed by atoms with van der Waals surface area (Å²) >= 11 is 6.21. The Bertz CT molecular complexity index is 384. The Kier molecular flexibility index (Phi) is 3.16. The zero-order valence-corrected chi connectivity index (χ0v) is 11.1. The zero-order chi connectivity index (χ0) is 11.8. The molecule has 88 valence electrons. The van der Waals surface area contributed by atoms with Gasteiger partial charge in [0.1, 0.15) is 0 Å². The maximum atomic E-state index is 6.21. The van der Waals surface area contributed by atoms with Crippen LogP contribution in [0.2, 0.25) is 5.02 Å². The van der Waals surface area contributed by atoms with E-state index in [1.54, 1.807) is 0 Å². The molecule has 1 unspecified atom stereocenters. The quantitative estimate of drug-likeness (QED) is 0.790. The van der Waals surface area contributed by atoms with Crippen LogP contribution in [0.5, 0.6) is 0 Å². The van der Waals surface area contributed by atoms with Gasteiger partial charge in [-0.05, 0) is 42.9 Å². The molecule has 1 aliphatic rings. The molecule has 0 heterocycles. The van der Waals surface area contributed by atoms with Crippen LogP contribution in [0.25, 0.3) is 0 Å². The fourth-order valence-corrected chi connectivity index (χ4v) is 2.70. The van der Waals surface area contributed by atoms with Gasteiger partial charge in [-0.2, -0.15) is 0 Å². The number of anilines is 1. The highest BCUT2D eigenvalue weighted by Gasteiger charge is 2.34. The van der Waals surface area contributed by atoms with Crippen molar-refractivity contribution in [2.75, 3.05) is 5.32 Å². The molecule has 16 heavy (non-hydrogen) atoms. The number of nitrogens with one attached hydrogen (secondary N) is 1. The molecule has 1 nitrogen and oxygen atoms in total. The lowest BCUT2D eigenvalue weighted by Gasteiger charge is -2.29. The minimum atomic E-state index is 0.382. The molecule has 1 fully saturated rings. The van der Waals surface area contributed by atoms with E-state index in [9.17, 15) is 0 Å². The van der Waals surface area contributed by atoms with Gasteiger partial charge in [-0.1, -0.05) is 37.9 Å². The standard InChI is InChI=1S/C14H20ClN/c1-10-6-7-11(15)12(9-10)16-13-5-4-8-14(13,2)3/h6-7,9,13,16H,4-5,8H2,1-3H3. The summed E-state index contributed by atoms with van der Waals surface area (Å²) in [7, 11) is 0. The Balaban J connectivity index is 2.17. The molecule has 2 rings (SSSR count). The number of hydrogen-bond acceptors (Lipinski definition) is 1. The van der Waals surface area contributed by atoms with Crippen molar-refractivity contribution >= 4 is 17.3 Å². The molecule has 1 saturated carbocycles. The highest BCUT2D eigenvalue weighted by Crippen LogP contribution is 2.40. The minimum Gasteiger partial charge on any atom is -0.381 e. The van der Waals surface area contributed by atoms with Crippen LogP contribution in [0.1, 0.15) is 38.7 Å². The second-order valence-corrected chi connectivity index (χ2v) is 5.97. The van der Waals surface area contributed by atoms with Crippen molar-refractivity contribution in [1.29, 1.82) is 0 Å². The Morgan fingerprint density at radius 2 is 2.12 bits per heavy atom. The molecule has 0 saturated heterocycles. The minimum absolute atomic E-state index is 0.382. The van der Waals surface area contributed by atoms with Crippen molar-refractivity contribution < 1.29 is 0 Å². The lowest BCUT2D eigenvalue weighted by atomic mass is 9.87. The third-order valence-corrected chi connectivity index (χ3v) is 4.04. The molecule has 1 atom stereocenters. The molecule has 2 heteroatoms. The first-order chi connectivity index (χ1) is 7.49. The van der Waals surface area contributed by atoms with Gasteiger partial charge in [-0.3, -0.25) is 0 Å². The van der Waals surface area contributed by atoms with Crippen molar-refractivity contribution in [2.45, 2.75) is 46.1 Å². The van der Waals surface area contributed by atoms with E-state index in [0.717, 1.165) is 10.7 Å². The molecule has 1 aromatic rings. The molecule has 1 aliphatic carbocycles. The van der Waals surface area contributed by atoms with Crippen molar-refractivity contribution in [3.63, 3.8) is 0 Å². The van der Waals surface area contributed by atoms with Crippen LogP contribution >= 0.6 is 11.6 Å². The van der Waals surface area contributed by atoms with Gasteiger partial charge in [-0.15, -0.1) is 0 Å². The van der Waals surface area contributed by atoms with Gasteiger partial charge in [0, 0.05) is 6.04 Å². The fraction of sp³-hybridized carbons (Fsp3) is 0.571. The molecular weight excluding hydrogens is 218 g/mol. The van der Waals surface area contributed by atoms with Crippen LogP contribution in [0, 0.1) is 12.3 Å². The molecule has 0 radical (unpaired) electrons. The van der Waals surface area contributed by atoms with E-state index in [1.807, 2.05) is 12.1 Å². The summed E-state index contributed by atoms with van der Waals surface area (Å²) in [6, 6.07) is 6.71. The second-order valence-electron chi connectivity index (χ2n) is 5.56. The van der Waals surface area contributed by atoms with Gasteiger partial charge in [-0.25, -0.2) is 0 Å². The van der Waals surface area contributed by atoms with E-state index in [1.165, 1.54) is 24.8 Å². The lowest BCUT2D eigenvalue weighted by Crippen LogP contribution is -2.30. The Morgan fingerprint density at radius 3 is 2.75 bits per heavy atom. The molecule has 0 spiro atoms. The maximum Gasteiger partial charge on any atom is 0.0637 e. The summed E-state index contributed by atoms with van der Waals surface area (Å²) in [6.07, 6.45) is 3.86. The second kappa shape index (κ2) is 4.29. The summed E-state index contributed by atoms with van der Waals surface area (Å²) in [5.74, 6) is 0. The van der Waals surface area contributed by atoms with Gasteiger partial charge in [0.05, 0.1) is 10.7 Å². The third kappa shape index (κ3) is 2.35. The Labute approximate surface area is 103 Å². The molecule has 0 bridgehead atoms. The maximum absolute atomic E-state index is 6.21. The highest BCUT2D eigenvalue weighted by atomic mass is 35.5. The summed E-state index contributed by atoms with van der Waals surface area (Å²) < 4.78 is 0. The first-order valence-electron chi connectivity index (χ1n) is 6.02. The lowest BCUT2D eigenvalue weighted by molar-refractivity contribution is 0.350. The molecule has 0 aliphatic heterocycles. The molecular formula is C14H20ClN. The van der Waals surface area contributed by atoms with Crippen molar-refractivity contribution in [3.05, 3.63) is 28.8 Å². The smallest absolute Gasteiger partial charge is 0.0637 e.